The lowest BCUT2D eigenvalue weighted by Gasteiger charge is -2.33. The lowest BCUT2D eigenvalue weighted by molar-refractivity contribution is 0.0203. The van der Waals surface area contributed by atoms with Gasteiger partial charge in [-0.25, -0.2) is 9.31 Å². The number of aromatic hydroxyl groups is 1. The molecule has 11 nitrogen and oxygen atoms in total. The summed E-state index contributed by atoms with van der Waals surface area (Å²) in [6.07, 6.45) is 2.62. The number of ether oxygens (including phenoxy) is 1. The zero-order valence-electron chi connectivity index (χ0n) is 20.6. The topological polar surface area (TPSA) is 139 Å². The van der Waals surface area contributed by atoms with Gasteiger partial charge in [0.25, 0.3) is 11.4 Å². The summed E-state index contributed by atoms with van der Waals surface area (Å²) in [6.45, 7) is 8.38. The van der Waals surface area contributed by atoms with Crippen LogP contribution in [0.1, 0.15) is 50.8 Å². The molecule has 0 radical (unpaired) electrons. The summed E-state index contributed by atoms with van der Waals surface area (Å²) in [4.78, 5) is 34.0. The number of nitrogens with one attached hydrogen (secondary N) is 1. The third kappa shape index (κ3) is 4.56. The molecule has 0 aliphatic carbocycles. The van der Waals surface area contributed by atoms with E-state index in [1.54, 1.807) is 46.8 Å². The van der Waals surface area contributed by atoms with Crippen molar-refractivity contribution in [2.24, 2.45) is 0 Å². The third-order valence-corrected chi connectivity index (χ3v) is 6.21. The molecule has 1 amide bonds. The fraction of sp³-hybridized carbons (Fsp3) is 0.400. The molecule has 11 heteroatoms. The van der Waals surface area contributed by atoms with Crippen molar-refractivity contribution in [2.75, 3.05) is 13.1 Å². The second-order valence-corrected chi connectivity index (χ2v) is 10.0. The smallest absolute Gasteiger partial charge is 0.410 e. The van der Waals surface area contributed by atoms with Crippen LogP contribution in [0.4, 0.5) is 4.79 Å². The van der Waals surface area contributed by atoms with Gasteiger partial charge in [0.15, 0.2) is 0 Å². The fourth-order valence-corrected chi connectivity index (χ4v) is 4.39. The van der Waals surface area contributed by atoms with Gasteiger partial charge >= 0.3 is 6.09 Å². The number of fused-ring (bicyclic) bond motifs is 1. The van der Waals surface area contributed by atoms with E-state index in [4.69, 9.17) is 9.26 Å². The predicted octanol–water partition coefficient (Wildman–Crippen LogP) is 3.87. The van der Waals surface area contributed by atoms with E-state index in [-0.39, 0.29) is 29.2 Å². The highest BCUT2D eigenvalue weighted by molar-refractivity contribution is 5.72. The van der Waals surface area contributed by atoms with Crippen LogP contribution in [0.15, 0.2) is 39.8 Å². The molecule has 1 aromatic carbocycles. The molecule has 36 heavy (non-hydrogen) atoms. The Bertz CT molecular complexity index is 1490. The molecule has 1 fully saturated rings. The first-order chi connectivity index (χ1) is 17.1. The molecule has 1 saturated heterocycles. The van der Waals surface area contributed by atoms with E-state index < -0.39 is 5.60 Å². The molecule has 2 N–H and O–H groups in total. The van der Waals surface area contributed by atoms with Crippen LogP contribution in [0.2, 0.25) is 0 Å². The number of phenols is 1. The summed E-state index contributed by atoms with van der Waals surface area (Å²) in [7, 11) is 0. The number of H-pyrrole nitrogens is 1. The number of aromatic nitrogens is 5. The molecule has 188 valence electrons. The van der Waals surface area contributed by atoms with Crippen LogP contribution < -0.4 is 5.56 Å². The Kier molecular flexibility index (Phi) is 5.77. The van der Waals surface area contributed by atoms with Crippen LogP contribution in [-0.2, 0) is 4.74 Å². The van der Waals surface area contributed by atoms with Crippen molar-refractivity contribution in [1.29, 1.82) is 0 Å². The van der Waals surface area contributed by atoms with E-state index >= 15 is 0 Å². The van der Waals surface area contributed by atoms with Crippen LogP contribution in [0.25, 0.3) is 28.5 Å². The standard InChI is InChI=1S/C25H28N6O5/c1-14-11-16(5-6-19(14)32)21-28-23(36-29-21)17-13-26-31-18(12-20(33)27-22(17)31)15-7-9-30(10-8-15)24(34)35-25(2,3)4/h5-6,11-13,15,32H,7-10H2,1-4H3,(H,27,33). The van der Waals surface area contributed by atoms with E-state index in [1.165, 1.54) is 0 Å². The van der Waals surface area contributed by atoms with Gasteiger partial charge < -0.3 is 24.3 Å². The van der Waals surface area contributed by atoms with Gasteiger partial charge in [0.2, 0.25) is 5.82 Å². The number of carbonyl (C=O) groups is 1. The molecule has 1 aliphatic heterocycles. The van der Waals surface area contributed by atoms with Gasteiger partial charge in [-0.2, -0.15) is 10.1 Å². The number of aryl methyl sites for hydroxylation is 1. The highest BCUT2D eigenvalue weighted by atomic mass is 16.6. The van der Waals surface area contributed by atoms with Crippen LogP contribution in [0, 0.1) is 6.92 Å². The van der Waals surface area contributed by atoms with E-state index in [2.05, 4.69) is 20.2 Å². The molecule has 0 unspecified atom stereocenters. The third-order valence-electron chi connectivity index (χ3n) is 6.21. The molecule has 4 heterocycles. The Morgan fingerprint density at radius 1 is 1.22 bits per heavy atom. The lowest BCUT2D eigenvalue weighted by atomic mass is 9.93. The van der Waals surface area contributed by atoms with Gasteiger partial charge in [0, 0.05) is 30.6 Å². The number of benzene rings is 1. The summed E-state index contributed by atoms with van der Waals surface area (Å²) in [6, 6.07) is 6.60. The van der Waals surface area contributed by atoms with Crippen molar-refractivity contribution in [2.45, 2.75) is 52.1 Å². The second kappa shape index (κ2) is 8.81. The van der Waals surface area contributed by atoms with E-state index in [9.17, 15) is 14.7 Å². The highest BCUT2D eigenvalue weighted by Crippen LogP contribution is 2.31. The largest absolute Gasteiger partial charge is 0.508 e. The van der Waals surface area contributed by atoms with Crippen molar-refractivity contribution in [3.8, 4) is 28.6 Å². The molecular formula is C25H28N6O5. The van der Waals surface area contributed by atoms with Crippen LogP contribution in [0.5, 0.6) is 5.75 Å². The van der Waals surface area contributed by atoms with Gasteiger partial charge in [-0.15, -0.1) is 0 Å². The normalized spacial score (nSPS) is 14.9. The maximum atomic E-state index is 12.6. The maximum absolute atomic E-state index is 12.6. The average molecular weight is 493 g/mol. The summed E-state index contributed by atoms with van der Waals surface area (Å²) in [5.41, 5.74) is 2.32. The molecule has 5 rings (SSSR count). The number of carbonyl (C=O) groups excluding carboxylic acids is 1. The summed E-state index contributed by atoms with van der Waals surface area (Å²) in [5.74, 6) is 0.810. The summed E-state index contributed by atoms with van der Waals surface area (Å²) >= 11 is 0. The first-order valence-electron chi connectivity index (χ1n) is 11.8. The number of rotatable bonds is 3. The molecule has 1 aliphatic rings. The number of phenolic OH excluding ortho intramolecular Hbond substituents is 1. The van der Waals surface area contributed by atoms with Crippen LogP contribution in [-0.4, -0.2) is 59.5 Å². The minimum Gasteiger partial charge on any atom is -0.508 e. The van der Waals surface area contributed by atoms with Crippen molar-refractivity contribution < 1.29 is 19.2 Å². The molecule has 3 aromatic heterocycles. The van der Waals surface area contributed by atoms with Crippen LogP contribution >= 0.6 is 0 Å². The minimum atomic E-state index is -0.548. The first kappa shape index (κ1) is 23.6. The zero-order chi connectivity index (χ0) is 25.6. The quantitative estimate of drug-likeness (QED) is 0.439. The monoisotopic (exact) mass is 492 g/mol. The van der Waals surface area contributed by atoms with Crippen molar-refractivity contribution >= 4 is 11.7 Å². The zero-order valence-corrected chi connectivity index (χ0v) is 20.6. The second-order valence-electron chi connectivity index (χ2n) is 10.0. The molecule has 0 bridgehead atoms. The van der Waals surface area contributed by atoms with Crippen molar-refractivity contribution in [3.05, 3.63) is 52.1 Å². The van der Waals surface area contributed by atoms with E-state index in [0.29, 0.717) is 54.1 Å². The van der Waals surface area contributed by atoms with Gasteiger partial charge in [0.05, 0.1) is 11.9 Å². The Hall–Kier alpha value is -4.15. The highest BCUT2D eigenvalue weighted by Gasteiger charge is 2.29. The van der Waals surface area contributed by atoms with Crippen molar-refractivity contribution in [3.63, 3.8) is 0 Å². The molecule has 0 saturated carbocycles. The van der Waals surface area contributed by atoms with E-state index in [1.807, 2.05) is 20.8 Å². The van der Waals surface area contributed by atoms with Crippen LogP contribution in [0.3, 0.4) is 0 Å². The first-order valence-corrected chi connectivity index (χ1v) is 11.8. The lowest BCUT2D eigenvalue weighted by Crippen LogP contribution is -2.41. The molecule has 4 aromatic rings. The Labute approximate surface area is 206 Å². The van der Waals surface area contributed by atoms with Gasteiger partial charge in [-0.1, -0.05) is 5.16 Å². The van der Waals surface area contributed by atoms with Gasteiger partial charge in [-0.05, 0) is 64.3 Å². The maximum Gasteiger partial charge on any atom is 0.410 e. The Morgan fingerprint density at radius 3 is 2.67 bits per heavy atom. The fourth-order valence-electron chi connectivity index (χ4n) is 4.39. The number of likely N-dealkylation sites (tertiary alicyclic amines) is 1. The molecular weight excluding hydrogens is 464 g/mol. The van der Waals surface area contributed by atoms with Gasteiger partial charge in [0.1, 0.15) is 22.6 Å². The number of nitrogens with zero attached hydrogens (tertiary/aromatic N) is 5. The number of hydrogen-bond donors (Lipinski definition) is 2. The molecule has 0 spiro atoms. The SMILES string of the molecule is Cc1cc(-c2noc(-c3cnn4c(C5CCN(C(=O)OC(C)(C)C)CC5)cc(=O)[nH]c34)n2)ccc1O. The Balaban J connectivity index is 1.41. The summed E-state index contributed by atoms with van der Waals surface area (Å²) < 4.78 is 12.7. The average Bonchev–Trinajstić information content (AvgIpc) is 3.46. The number of amides is 1. The number of piperidine rings is 1. The number of hydrogen-bond acceptors (Lipinski definition) is 8. The summed E-state index contributed by atoms with van der Waals surface area (Å²) in [5, 5.41) is 18.3. The van der Waals surface area contributed by atoms with E-state index in [0.717, 1.165) is 5.69 Å². The molecule has 0 atom stereocenters. The van der Waals surface area contributed by atoms with Crippen molar-refractivity contribution in [1.82, 2.24) is 29.6 Å². The van der Waals surface area contributed by atoms with Gasteiger partial charge in [-0.3, -0.25) is 4.79 Å². The number of aromatic amines is 1. The predicted molar refractivity (Wildman–Crippen MR) is 131 cm³/mol. The Morgan fingerprint density at radius 2 is 1.97 bits per heavy atom. The minimum absolute atomic E-state index is 0.0412.